The van der Waals surface area contributed by atoms with Crippen LogP contribution in [0.2, 0.25) is 5.02 Å². The molecule has 0 saturated carbocycles. The van der Waals surface area contributed by atoms with Crippen molar-refractivity contribution in [3.63, 3.8) is 0 Å². The molecule has 5 rings (SSSR count). The maximum absolute atomic E-state index is 12.7. The summed E-state index contributed by atoms with van der Waals surface area (Å²) in [6, 6.07) is 25.6. The Morgan fingerprint density at radius 1 is 0.967 bits per heavy atom. The Kier molecular flexibility index (Phi) is 4.85. The highest BCUT2D eigenvalue weighted by molar-refractivity contribution is 6.30. The quantitative estimate of drug-likeness (QED) is 0.443. The number of hydrogen-bond donors (Lipinski definition) is 2. The van der Waals surface area contributed by atoms with Gasteiger partial charge in [-0.2, -0.15) is 5.10 Å². The zero-order valence-corrected chi connectivity index (χ0v) is 17.0. The number of benzene rings is 3. The van der Waals surface area contributed by atoms with Gasteiger partial charge in [-0.3, -0.25) is 9.89 Å². The summed E-state index contributed by atoms with van der Waals surface area (Å²) in [7, 11) is 0. The van der Waals surface area contributed by atoms with Crippen molar-refractivity contribution in [2.45, 2.75) is 18.9 Å². The van der Waals surface area contributed by atoms with Crippen molar-refractivity contribution in [1.29, 1.82) is 0 Å². The van der Waals surface area contributed by atoms with Crippen LogP contribution in [-0.2, 0) is 6.42 Å². The molecule has 1 aliphatic rings. The summed E-state index contributed by atoms with van der Waals surface area (Å²) in [5.74, 6) is -0.0489. The molecule has 1 aliphatic carbocycles. The van der Waals surface area contributed by atoms with Crippen LogP contribution < -0.4 is 5.32 Å². The first-order valence-electron chi connectivity index (χ1n) is 9.98. The normalized spacial score (nSPS) is 15.0. The van der Waals surface area contributed by atoms with E-state index in [0.717, 1.165) is 35.4 Å². The Balaban J connectivity index is 1.30. The summed E-state index contributed by atoms with van der Waals surface area (Å²) in [6.07, 6.45) is 1.96. The number of rotatable bonds is 4. The summed E-state index contributed by atoms with van der Waals surface area (Å²) in [4.78, 5) is 12.7. The topological polar surface area (TPSA) is 57.8 Å². The minimum absolute atomic E-state index is 0.0489. The molecular weight excluding hydrogens is 394 g/mol. The first-order valence-corrected chi connectivity index (χ1v) is 10.4. The molecular formula is C25H20ClN3O. The van der Waals surface area contributed by atoms with Crippen LogP contribution in [0.4, 0.5) is 0 Å². The Labute approximate surface area is 179 Å². The second-order valence-corrected chi connectivity index (χ2v) is 7.95. The molecule has 0 fully saturated rings. The molecule has 4 nitrogen and oxygen atoms in total. The maximum Gasteiger partial charge on any atom is 0.251 e. The molecule has 148 valence electrons. The van der Waals surface area contributed by atoms with Crippen LogP contribution >= 0.6 is 11.6 Å². The molecule has 0 saturated heterocycles. The van der Waals surface area contributed by atoms with Gasteiger partial charge in [-0.05, 0) is 59.9 Å². The van der Waals surface area contributed by atoms with E-state index in [1.165, 1.54) is 11.1 Å². The van der Waals surface area contributed by atoms with Crippen molar-refractivity contribution in [2.24, 2.45) is 0 Å². The van der Waals surface area contributed by atoms with Crippen LogP contribution in [-0.4, -0.2) is 16.1 Å². The Morgan fingerprint density at radius 3 is 2.50 bits per heavy atom. The van der Waals surface area contributed by atoms with E-state index in [4.69, 9.17) is 11.6 Å². The first-order chi connectivity index (χ1) is 14.7. The highest BCUT2D eigenvalue weighted by Crippen LogP contribution is 2.31. The van der Waals surface area contributed by atoms with E-state index >= 15 is 0 Å². The Morgan fingerprint density at radius 2 is 1.70 bits per heavy atom. The van der Waals surface area contributed by atoms with Crippen LogP contribution in [0.5, 0.6) is 0 Å². The van der Waals surface area contributed by atoms with Crippen molar-refractivity contribution in [2.75, 3.05) is 0 Å². The van der Waals surface area contributed by atoms with Gasteiger partial charge < -0.3 is 5.32 Å². The molecule has 1 atom stereocenters. The van der Waals surface area contributed by atoms with E-state index in [1.54, 1.807) is 0 Å². The molecule has 0 radical (unpaired) electrons. The lowest BCUT2D eigenvalue weighted by atomic mass is 10.1. The fraction of sp³-hybridized carbons (Fsp3) is 0.120. The molecule has 2 N–H and O–H groups in total. The number of fused-ring (bicyclic) bond motifs is 1. The number of aromatic nitrogens is 2. The van der Waals surface area contributed by atoms with Crippen molar-refractivity contribution < 1.29 is 4.79 Å². The van der Waals surface area contributed by atoms with E-state index in [2.05, 4.69) is 33.7 Å². The van der Waals surface area contributed by atoms with Gasteiger partial charge in [0.25, 0.3) is 5.91 Å². The fourth-order valence-corrected chi connectivity index (χ4v) is 4.11. The van der Waals surface area contributed by atoms with Gasteiger partial charge in [-0.15, -0.1) is 0 Å². The van der Waals surface area contributed by atoms with Gasteiger partial charge in [-0.1, -0.05) is 60.1 Å². The highest BCUT2D eigenvalue weighted by atomic mass is 35.5. The van der Waals surface area contributed by atoms with Gasteiger partial charge in [0.1, 0.15) is 0 Å². The lowest BCUT2D eigenvalue weighted by Crippen LogP contribution is -2.27. The van der Waals surface area contributed by atoms with Crippen molar-refractivity contribution in [1.82, 2.24) is 15.5 Å². The second kappa shape index (κ2) is 7.81. The van der Waals surface area contributed by atoms with Gasteiger partial charge in [0, 0.05) is 16.1 Å². The number of carbonyl (C=O) groups is 1. The van der Waals surface area contributed by atoms with Crippen LogP contribution in [0.3, 0.4) is 0 Å². The lowest BCUT2D eigenvalue weighted by Gasteiger charge is -2.14. The number of carbonyl (C=O) groups excluding carboxylic acids is 1. The summed E-state index contributed by atoms with van der Waals surface area (Å²) >= 11 is 5.96. The third-order valence-electron chi connectivity index (χ3n) is 5.61. The number of nitrogens with zero attached hydrogens (tertiary/aromatic N) is 1. The predicted molar refractivity (Wildman–Crippen MR) is 119 cm³/mol. The van der Waals surface area contributed by atoms with Gasteiger partial charge in [0.2, 0.25) is 0 Å². The van der Waals surface area contributed by atoms with E-state index in [1.807, 2.05) is 60.7 Å². The lowest BCUT2D eigenvalue weighted by molar-refractivity contribution is 0.0936. The summed E-state index contributed by atoms with van der Waals surface area (Å²) in [5.41, 5.74) is 6.93. The Bertz CT molecular complexity index is 1200. The maximum atomic E-state index is 12.7. The van der Waals surface area contributed by atoms with Crippen molar-refractivity contribution in [3.8, 4) is 22.5 Å². The molecule has 1 heterocycles. The van der Waals surface area contributed by atoms with E-state index in [0.29, 0.717) is 10.6 Å². The summed E-state index contributed by atoms with van der Waals surface area (Å²) < 4.78 is 0. The van der Waals surface area contributed by atoms with Crippen LogP contribution in [0, 0.1) is 0 Å². The van der Waals surface area contributed by atoms with Crippen molar-refractivity contribution >= 4 is 17.5 Å². The average molecular weight is 414 g/mol. The number of amides is 1. The number of hydrogen-bond acceptors (Lipinski definition) is 2. The number of halogens is 1. The molecule has 1 amide bonds. The van der Waals surface area contributed by atoms with E-state index < -0.39 is 0 Å². The van der Waals surface area contributed by atoms with Gasteiger partial charge in [0.05, 0.1) is 17.4 Å². The van der Waals surface area contributed by atoms with E-state index in [-0.39, 0.29) is 11.9 Å². The molecule has 5 heteroatoms. The standard InChI is InChI=1S/C25H20ClN3O/c26-20-12-9-18(10-13-20)24-15-23(28-29-24)17-5-7-19(8-6-17)25(30)27-22-14-11-16-3-1-2-4-21(16)22/h1-10,12-13,15,22H,11,14H2,(H,27,30)(H,28,29)/t22-/m0/s1. The SMILES string of the molecule is O=C(N[C@H]1CCc2ccccc21)c1ccc(-c2cc(-c3ccc(Cl)cc3)[nH]n2)cc1. The van der Waals surface area contributed by atoms with Crippen LogP contribution in [0.1, 0.15) is 33.9 Å². The minimum Gasteiger partial charge on any atom is -0.345 e. The minimum atomic E-state index is -0.0489. The predicted octanol–water partition coefficient (Wildman–Crippen LogP) is 5.81. The third kappa shape index (κ3) is 3.62. The second-order valence-electron chi connectivity index (χ2n) is 7.51. The molecule has 30 heavy (non-hydrogen) atoms. The first kappa shape index (κ1) is 18.6. The molecule has 3 aromatic carbocycles. The van der Waals surface area contributed by atoms with Gasteiger partial charge in [-0.25, -0.2) is 0 Å². The largest absolute Gasteiger partial charge is 0.345 e. The number of nitrogens with one attached hydrogen (secondary N) is 2. The smallest absolute Gasteiger partial charge is 0.251 e. The molecule has 0 unspecified atom stereocenters. The summed E-state index contributed by atoms with van der Waals surface area (Å²) in [5, 5.41) is 11.3. The highest BCUT2D eigenvalue weighted by Gasteiger charge is 2.23. The Hall–Kier alpha value is -3.37. The van der Waals surface area contributed by atoms with Crippen LogP contribution in [0.15, 0.2) is 78.9 Å². The molecule has 4 aromatic rings. The average Bonchev–Trinajstić information content (AvgIpc) is 3.42. The molecule has 0 spiro atoms. The fourth-order valence-electron chi connectivity index (χ4n) is 3.99. The van der Waals surface area contributed by atoms with Gasteiger partial charge >= 0.3 is 0 Å². The summed E-state index contributed by atoms with van der Waals surface area (Å²) in [6.45, 7) is 0. The van der Waals surface area contributed by atoms with Gasteiger partial charge in [0.15, 0.2) is 0 Å². The molecule has 1 aromatic heterocycles. The number of aromatic amines is 1. The zero-order chi connectivity index (χ0) is 20.5. The molecule has 0 bridgehead atoms. The third-order valence-corrected chi connectivity index (χ3v) is 5.87. The number of H-pyrrole nitrogens is 1. The van der Waals surface area contributed by atoms with Crippen LogP contribution in [0.25, 0.3) is 22.5 Å². The number of aryl methyl sites for hydroxylation is 1. The van der Waals surface area contributed by atoms with Crippen molar-refractivity contribution in [3.05, 3.63) is 101 Å². The van der Waals surface area contributed by atoms with E-state index in [9.17, 15) is 4.79 Å². The molecule has 0 aliphatic heterocycles. The monoisotopic (exact) mass is 413 g/mol. The zero-order valence-electron chi connectivity index (χ0n) is 16.2.